The molecule has 4 aliphatic rings. The van der Waals surface area contributed by atoms with Crippen molar-refractivity contribution in [3.05, 3.63) is 41.5 Å². The molecule has 4 aliphatic carbocycles. The van der Waals surface area contributed by atoms with Crippen molar-refractivity contribution in [1.82, 2.24) is 0 Å². The molecule has 0 amide bonds. The highest BCUT2D eigenvalue weighted by atomic mass is 16.5. The van der Waals surface area contributed by atoms with E-state index in [9.17, 15) is 14.7 Å². The van der Waals surface area contributed by atoms with Gasteiger partial charge in [0.15, 0.2) is 5.78 Å². The molecule has 1 fully saturated rings. The minimum atomic E-state index is -0.839. The number of aliphatic carboxylic acids is 1. The maximum Gasteiger partial charge on any atom is 0.304 e. The summed E-state index contributed by atoms with van der Waals surface area (Å²) in [6, 6.07) is 5.47. The summed E-state index contributed by atoms with van der Waals surface area (Å²) < 4.78 is 11.1. The fourth-order valence-electron chi connectivity index (χ4n) is 5.05. The summed E-state index contributed by atoms with van der Waals surface area (Å²) in [5.41, 5.74) is 0.404. The van der Waals surface area contributed by atoms with Crippen LogP contribution in [0.25, 0.3) is 0 Å². The van der Waals surface area contributed by atoms with Crippen LogP contribution in [0.2, 0.25) is 0 Å². The Hall–Kier alpha value is -2.14. The van der Waals surface area contributed by atoms with Crippen LogP contribution in [0, 0.1) is 11.3 Å². The van der Waals surface area contributed by atoms with Gasteiger partial charge in [-0.15, -0.1) is 0 Å². The Bertz CT molecular complexity index is 767. The summed E-state index contributed by atoms with van der Waals surface area (Å²) in [5, 5.41) is 9.46. The number of ketones is 1. The molecule has 5 heteroatoms. The van der Waals surface area contributed by atoms with E-state index in [1.807, 2.05) is 18.2 Å². The predicted octanol–water partition coefficient (Wildman–Crippen LogP) is 2.80. The fraction of sp³-hybridized carbons (Fsp3) is 0.474. The lowest BCUT2D eigenvalue weighted by atomic mass is 9.51. The van der Waals surface area contributed by atoms with Crippen LogP contribution < -0.4 is 4.74 Å². The smallest absolute Gasteiger partial charge is 0.304 e. The molecule has 0 saturated heterocycles. The lowest BCUT2D eigenvalue weighted by Gasteiger charge is -2.55. The number of benzene rings is 1. The molecule has 126 valence electrons. The summed E-state index contributed by atoms with van der Waals surface area (Å²) in [4.78, 5) is 24.6. The SMILES string of the molecule is COc1ccc2c(c1)[C@@H]1[C@H](C2=O)[C@]2(OC)C=C[C@@]1(CC(=O)O)CC2. The summed E-state index contributed by atoms with van der Waals surface area (Å²) in [5.74, 6) is -0.635. The van der Waals surface area contributed by atoms with E-state index in [0.29, 0.717) is 24.2 Å². The van der Waals surface area contributed by atoms with Crippen molar-refractivity contribution in [2.75, 3.05) is 14.2 Å². The molecular weight excluding hydrogens is 308 g/mol. The van der Waals surface area contributed by atoms with Crippen LogP contribution in [-0.4, -0.2) is 36.7 Å². The number of rotatable bonds is 4. The van der Waals surface area contributed by atoms with Gasteiger partial charge in [0.1, 0.15) is 5.75 Å². The minimum absolute atomic E-state index is 0.0222. The number of allylic oxidation sites excluding steroid dienone is 1. The molecule has 2 bridgehead atoms. The van der Waals surface area contributed by atoms with E-state index in [0.717, 1.165) is 5.56 Å². The number of carbonyl (C=O) groups excluding carboxylic acids is 1. The largest absolute Gasteiger partial charge is 0.497 e. The van der Waals surface area contributed by atoms with Gasteiger partial charge in [-0.1, -0.05) is 12.2 Å². The predicted molar refractivity (Wildman–Crippen MR) is 86.4 cm³/mol. The molecule has 0 heterocycles. The molecule has 1 aromatic rings. The van der Waals surface area contributed by atoms with Gasteiger partial charge in [-0.05, 0) is 36.6 Å². The maximum absolute atomic E-state index is 13.1. The van der Waals surface area contributed by atoms with Gasteiger partial charge in [0.25, 0.3) is 0 Å². The van der Waals surface area contributed by atoms with Crippen molar-refractivity contribution in [2.45, 2.75) is 30.8 Å². The zero-order valence-electron chi connectivity index (χ0n) is 13.7. The van der Waals surface area contributed by atoms with Gasteiger partial charge in [-0.2, -0.15) is 0 Å². The third-order valence-electron chi connectivity index (χ3n) is 6.16. The second-order valence-corrected chi connectivity index (χ2v) is 7.07. The topological polar surface area (TPSA) is 72.8 Å². The van der Waals surface area contributed by atoms with Crippen LogP contribution in [0.4, 0.5) is 0 Å². The Labute approximate surface area is 140 Å². The molecule has 1 N–H and O–H groups in total. The standard InChI is InChI=1S/C19H20O5/c1-23-11-3-4-12-13(9-11)15-16(17(12)22)19(24-2)7-5-18(15,6-8-19)10-14(20)21/h3-5,7,9,15-16H,6,8,10H2,1-2H3,(H,20,21)/t15-,16-,18+,19+/m1/s1. The molecule has 1 aromatic carbocycles. The highest BCUT2D eigenvalue weighted by Crippen LogP contribution is 2.65. The van der Waals surface area contributed by atoms with Gasteiger partial charge in [0, 0.05) is 24.0 Å². The molecule has 0 aliphatic heterocycles. The quantitative estimate of drug-likeness (QED) is 0.861. The Morgan fingerprint density at radius 3 is 2.62 bits per heavy atom. The lowest BCUT2D eigenvalue weighted by Crippen LogP contribution is -2.55. The van der Waals surface area contributed by atoms with Crippen LogP contribution in [0.15, 0.2) is 30.4 Å². The Balaban J connectivity index is 1.93. The van der Waals surface area contributed by atoms with Gasteiger partial charge in [-0.25, -0.2) is 0 Å². The number of ether oxygens (including phenoxy) is 2. The van der Waals surface area contributed by atoms with Crippen LogP contribution in [-0.2, 0) is 9.53 Å². The van der Waals surface area contributed by atoms with E-state index in [1.165, 1.54) is 0 Å². The number of fused-ring (bicyclic) bond motifs is 2. The van der Waals surface area contributed by atoms with Gasteiger partial charge in [0.05, 0.1) is 25.0 Å². The number of hydrogen-bond donors (Lipinski definition) is 1. The highest BCUT2D eigenvalue weighted by molar-refractivity contribution is 6.05. The van der Waals surface area contributed by atoms with Crippen molar-refractivity contribution in [1.29, 1.82) is 0 Å². The van der Waals surface area contributed by atoms with E-state index < -0.39 is 17.0 Å². The highest BCUT2D eigenvalue weighted by Gasteiger charge is 2.64. The van der Waals surface area contributed by atoms with E-state index in [-0.39, 0.29) is 24.0 Å². The van der Waals surface area contributed by atoms with Gasteiger partial charge in [-0.3, -0.25) is 9.59 Å². The first-order valence-electron chi connectivity index (χ1n) is 8.16. The Morgan fingerprint density at radius 2 is 2.04 bits per heavy atom. The molecular formula is C19H20O5. The van der Waals surface area contributed by atoms with Crippen LogP contribution in [0.5, 0.6) is 5.75 Å². The van der Waals surface area contributed by atoms with Gasteiger partial charge >= 0.3 is 5.97 Å². The zero-order valence-corrected chi connectivity index (χ0v) is 13.7. The number of carboxylic acids is 1. The molecule has 4 atom stereocenters. The summed E-state index contributed by atoms with van der Waals surface area (Å²) in [7, 11) is 3.22. The zero-order chi connectivity index (χ0) is 17.1. The minimum Gasteiger partial charge on any atom is -0.497 e. The van der Waals surface area contributed by atoms with Gasteiger partial charge in [0.2, 0.25) is 0 Å². The fourth-order valence-corrected chi connectivity index (χ4v) is 5.05. The number of hydrogen-bond acceptors (Lipinski definition) is 4. The summed E-state index contributed by atoms with van der Waals surface area (Å²) >= 11 is 0. The van der Waals surface area contributed by atoms with Crippen LogP contribution >= 0.6 is 0 Å². The molecule has 5 rings (SSSR count). The van der Waals surface area contributed by atoms with Crippen molar-refractivity contribution in [2.24, 2.45) is 11.3 Å². The summed E-state index contributed by atoms with van der Waals surface area (Å²) in [6.45, 7) is 0. The molecule has 24 heavy (non-hydrogen) atoms. The second-order valence-electron chi connectivity index (χ2n) is 7.07. The first-order valence-corrected chi connectivity index (χ1v) is 8.16. The van der Waals surface area contributed by atoms with E-state index >= 15 is 0 Å². The average Bonchev–Trinajstić information content (AvgIpc) is 2.90. The number of carboxylic acid groups (broad SMARTS) is 1. The molecule has 0 radical (unpaired) electrons. The van der Waals surface area contributed by atoms with Crippen LogP contribution in [0.1, 0.15) is 41.1 Å². The number of carbonyl (C=O) groups is 2. The molecule has 5 nitrogen and oxygen atoms in total. The number of Topliss-reactive ketones (excluding diaryl/α,β-unsaturated/α-hetero) is 1. The Kier molecular flexibility index (Phi) is 3.16. The Morgan fingerprint density at radius 1 is 1.25 bits per heavy atom. The molecule has 1 saturated carbocycles. The first kappa shape index (κ1) is 15.4. The first-order chi connectivity index (χ1) is 11.5. The average molecular weight is 328 g/mol. The van der Waals surface area contributed by atoms with Crippen molar-refractivity contribution in [3.63, 3.8) is 0 Å². The normalized spacial score (nSPS) is 35.7. The van der Waals surface area contributed by atoms with Crippen molar-refractivity contribution >= 4 is 11.8 Å². The van der Waals surface area contributed by atoms with E-state index in [2.05, 4.69) is 0 Å². The molecule has 0 aromatic heterocycles. The van der Waals surface area contributed by atoms with E-state index in [1.54, 1.807) is 26.4 Å². The maximum atomic E-state index is 13.1. The second kappa shape index (κ2) is 4.93. The molecule has 0 unspecified atom stereocenters. The van der Waals surface area contributed by atoms with Crippen molar-refractivity contribution < 1.29 is 24.2 Å². The third-order valence-corrected chi connectivity index (χ3v) is 6.16. The number of methoxy groups -OCH3 is 2. The van der Waals surface area contributed by atoms with Crippen molar-refractivity contribution in [3.8, 4) is 5.75 Å². The monoisotopic (exact) mass is 328 g/mol. The van der Waals surface area contributed by atoms with Gasteiger partial charge < -0.3 is 14.6 Å². The molecule has 0 spiro atoms. The summed E-state index contributed by atoms with van der Waals surface area (Å²) in [6.07, 6.45) is 5.31. The lowest BCUT2D eigenvalue weighted by molar-refractivity contribution is -0.143. The third kappa shape index (κ3) is 1.79. The van der Waals surface area contributed by atoms with Crippen LogP contribution in [0.3, 0.4) is 0 Å². The van der Waals surface area contributed by atoms with E-state index in [4.69, 9.17) is 9.47 Å².